The second kappa shape index (κ2) is 21.3. The Morgan fingerprint density at radius 1 is 0.674 bits per heavy atom. The summed E-state index contributed by atoms with van der Waals surface area (Å²) in [5, 5.41) is 23.2. The SMILES string of the molecule is CC(Br)C(=O)CNc1c(I)c(C(=O)O)c(I)c(C(=O)N(CCNC(=O)CNC(=O)C(C)Br)CCNC(=O)CNC(=O)C(C)Br)c1I. The smallest absolute Gasteiger partial charge is 0.337 e. The number of rotatable bonds is 18. The topological polar surface area (TPSA) is 203 Å². The fourth-order valence-electron chi connectivity index (χ4n) is 3.39. The first kappa shape index (κ1) is 43.2. The highest BCUT2D eigenvalue weighted by molar-refractivity contribution is 14.1. The molecule has 0 aliphatic carbocycles. The van der Waals surface area contributed by atoms with E-state index in [1.54, 1.807) is 43.4 Å². The minimum atomic E-state index is -1.27. The number of hydrogen-bond acceptors (Lipinski definition) is 8. The number of carbonyl (C=O) groups excluding carboxylic acids is 6. The average Bonchev–Trinajstić information content (AvgIpc) is 2.96. The zero-order chi connectivity index (χ0) is 35.3. The van der Waals surface area contributed by atoms with Gasteiger partial charge < -0.3 is 36.6 Å². The van der Waals surface area contributed by atoms with Crippen molar-refractivity contribution < 1.29 is 38.7 Å². The van der Waals surface area contributed by atoms with Crippen LogP contribution < -0.4 is 26.6 Å². The molecule has 20 heteroatoms. The van der Waals surface area contributed by atoms with Crippen molar-refractivity contribution in [3.63, 3.8) is 0 Å². The summed E-state index contributed by atoms with van der Waals surface area (Å²) in [5.74, 6) is -3.79. The molecule has 256 valence electrons. The van der Waals surface area contributed by atoms with Crippen molar-refractivity contribution in [2.45, 2.75) is 35.3 Å². The molecule has 0 aliphatic heterocycles. The van der Waals surface area contributed by atoms with Gasteiger partial charge >= 0.3 is 5.97 Å². The van der Waals surface area contributed by atoms with Crippen LogP contribution in [0.5, 0.6) is 0 Å². The molecule has 0 heterocycles. The first-order chi connectivity index (χ1) is 21.4. The number of carboxylic acid groups (broad SMARTS) is 1. The number of alkyl halides is 3. The van der Waals surface area contributed by atoms with Gasteiger partial charge in [-0.25, -0.2) is 4.79 Å². The van der Waals surface area contributed by atoms with Gasteiger partial charge in [0.1, 0.15) is 0 Å². The highest BCUT2D eigenvalue weighted by atomic mass is 127. The third-order valence-electron chi connectivity index (χ3n) is 5.89. The molecule has 46 heavy (non-hydrogen) atoms. The summed E-state index contributed by atoms with van der Waals surface area (Å²) in [4.78, 5) is 86.7. The molecule has 0 radical (unpaired) electrons. The number of halogens is 6. The van der Waals surface area contributed by atoms with Gasteiger partial charge in [-0.3, -0.25) is 28.8 Å². The van der Waals surface area contributed by atoms with Crippen LogP contribution >= 0.6 is 116 Å². The van der Waals surface area contributed by atoms with Crippen LogP contribution in [0, 0.1) is 10.7 Å². The highest BCUT2D eigenvalue weighted by Gasteiger charge is 2.30. The van der Waals surface area contributed by atoms with E-state index in [0.717, 1.165) is 0 Å². The van der Waals surface area contributed by atoms with E-state index in [0.29, 0.717) is 12.8 Å². The minimum Gasteiger partial charge on any atom is -0.478 e. The van der Waals surface area contributed by atoms with Gasteiger partial charge in [0.15, 0.2) is 5.78 Å². The van der Waals surface area contributed by atoms with Crippen molar-refractivity contribution in [1.29, 1.82) is 0 Å². The van der Waals surface area contributed by atoms with Crippen molar-refractivity contribution in [3.8, 4) is 0 Å². The first-order valence-corrected chi connectivity index (χ1v) is 19.4. The van der Waals surface area contributed by atoms with E-state index in [4.69, 9.17) is 0 Å². The Kier molecular flexibility index (Phi) is 20.0. The van der Waals surface area contributed by atoms with Gasteiger partial charge in [0, 0.05) is 29.7 Å². The Bertz CT molecular complexity index is 1310. The molecule has 0 aliphatic rings. The highest BCUT2D eigenvalue weighted by Crippen LogP contribution is 2.36. The maximum atomic E-state index is 14.1. The molecule has 1 aromatic rings. The molecule has 6 N–H and O–H groups in total. The monoisotopic (exact) mass is 1170 g/mol. The van der Waals surface area contributed by atoms with E-state index < -0.39 is 38.2 Å². The number of benzene rings is 1. The maximum Gasteiger partial charge on any atom is 0.337 e. The molecule has 3 atom stereocenters. The molecule has 0 bridgehead atoms. The van der Waals surface area contributed by atoms with Gasteiger partial charge in [-0.05, 0) is 88.5 Å². The van der Waals surface area contributed by atoms with E-state index in [1.165, 1.54) is 4.90 Å². The van der Waals surface area contributed by atoms with E-state index >= 15 is 0 Å². The van der Waals surface area contributed by atoms with Gasteiger partial charge in [0.2, 0.25) is 23.6 Å². The van der Waals surface area contributed by atoms with Crippen LogP contribution in [0.2, 0.25) is 0 Å². The number of aromatic carboxylic acids is 1. The van der Waals surface area contributed by atoms with E-state index in [-0.39, 0.29) is 78.1 Å². The first-order valence-electron chi connectivity index (χ1n) is 13.4. The van der Waals surface area contributed by atoms with Gasteiger partial charge in [-0.2, -0.15) is 0 Å². The predicted molar refractivity (Wildman–Crippen MR) is 208 cm³/mol. The fourth-order valence-corrected chi connectivity index (χ4v) is 8.34. The zero-order valence-electron chi connectivity index (χ0n) is 24.7. The third kappa shape index (κ3) is 13.9. The Hall–Kier alpha value is -0.860. The molecule has 3 unspecified atom stereocenters. The Morgan fingerprint density at radius 2 is 1.11 bits per heavy atom. The van der Waals surface area contributed by atoms with Crippen molar-refractivity contribution in [3.05, 3.63) is 21.8 Å². The van der Waals surface area contributed by atoms with Crippen LogP contribution in [0.15, 0.2) is 0 Å². The zero-order valence-corrected chi connectivity index (χ0v) is 35.9. The number of hydrogen-bond donors (Lipinski definition) is 6. The number of Topliss-reactive ketones (excluding diaryl/α,β-unsaturated/α-hetero) is 1. The van der Waals surface area contributed by atoms with Gasteiger partial charge in [-0.1, -0.05) is 47.8 Å². The lowest BCUT2D eigenvalue weighted by molar-refractivity contribution is -0.125. The number of nitrogens with zero attached hydrogens (tertiary/aromatic N) is 1. The number of amides is 5. The van der Waals surface area contributed by atoms with Crippen LogP contribution in [0.25, 0.3) is 0 Å². The van der Waals surface area contributed by atoms with Crippen molar-refractivity contribution in [2.24, 2.45) is 0 Å². The van der Waals surface area contributed by atoms with Gasteiger partial charge in [0.25, 0.3) is 5.91 Å². The molecule has 0 saturated heterocycles. The summed E-state index contributed by atoms with van der Waals surface area (Å²) in [6.45, 7) is 4.06. The van der Waals surface area contributed by atoms with Crippen LogP contribution in [0.3, 0.4) is 0 Å². The quantitative estimate of drug-likeness (QED) is 0.0944. The van der Waals surface area contributed by atoms with Crippen LogP contribution in [0.4, 0.5) is 5.69 Å². The number of carbonyl (C=O) groups is 7. The lowest BCUT2D eigenvalue weighted by Crippen LogP contribution is -2.46. The molecular weight excluding hydrogens is 1140 g/mol. The third-order valence-corrected chi connectivity index (χ3v) is 10.5. The average molecular weight is 1180 g/mol. The number of ketones is 1. The molecule has 1 rings (SSSR count). The summed E-state index contributed by atoms with van der Waals surface area (Å²) < 4.78 is 0.870. The van der Waals surface area contributed by atoms with E-state index in [1.807, 2.05) is 45.2 Å². The molecule has 14 nitrogen and oxygen atoms in total. The summed E-state index contributed by atoms with van der Waals surface area (Å²) in [7, 11) is 0. The van der Waals surface area contributed by atoms with Crippen LogP contribution in [-0.4, -0.2) is 112 Å². The van der Waals surface area contributed by atoms with Gasteiger partial charge in [0.05, 0.1) is 58.1 Å². The Labute approximate surface area is 332 Å². The summed E-state index contributed by atoms with van der Waals surface area (Å²) >= 11 is 15.0. The van der Waals surface area contributed by atoms with Crippen molar-refractivity contribution >= 4 is 163 Å². The standard InChI is InChI=1S/C26H32Br3I3N6O8/c1-11(27)14(39)8-35-22-20(31)17(19(30)18(21(22)32)26(45)46)25(44)38(6-4-33-15(40)9-36-23(42)12(2)28)7-5-34-16(41)10-37-24(43)13(3)29/h11-13,35H,4-10H2,1-3H3,(H,33,40)(H,34,41)(H,36,42)(H,37,43)(H,45,46). The summed E-state index contributed by atoms with van der Waals surface area (Å²) in [5.41, 5.74) is 0.247. The van der Waals surface area contributed by atoms with Crippen LogP contribution in [0.1, 0.15) is 41.5 Å². The Morgan fingerprint density at radius 3 is 1.50 bits per heavy atom. The lowest BCUT2D eigenvalue weighted by atomic mass is 10.1. The molecule has 0 saturated carbocycles. The molecule has 0 spiro atoms. The van der Waals surface area contributed by atoms with Crippen molar-refractivity contribution in [1.82, 2.24) is 26.2 Å². The lowest BCUT2D eigenvalue weighted by Gasteiger charge is -2.26. The fraction of sp³-hybridized carbons (Fsp3) is 0.500. The number of carboxylic acids is 1. The normalized spacial score (nSPS) is 12.6. The predicted octanol–water partition coefficient (Wildman–Crippen LogP) is 2.44. The summed E-state index contributed by atoms with van der Waals surface area (Å²) in [6.07, 6.45) is 0. The van der Waals surface area contributed by atoms with Crippen LogP contribution in [-0.2, 0) is 24.0 Å². The molecule has 0 fully saturated rings. The van der Waals surface area contributed by atoms with Crippen molar-refractivity contribution in [2.75, 3.05) is 51.1 Å². The minimum absolute atomic E-state index is 0.0243. The summed E-state index contributed by atoms with van der Waals surface area (Å²) in [6, 6.07) is 0. The maximum absolute atomic E-state index is 14.1. The number of nitrogens with one attached hydrogen (secondary N) is 5. The molecule has 0 aromatic heterocycles. The molecular formula is C26H32Br3I3N6O8. The van der Waals surface area contributed by atoms with Gasteiger partial charge in [-0.15, -0.1) is 0 Å². The molecule has 5 amide bonds. The van der Waals surface area contributed by atoms with E-state index in [2.05, 4.69) is 74.4 Å². The van der Waals surface area contributed by atoms with E-state index in [9.17, 15) is 38.7 Å². The largest absolute Gasteiger partial charge is 0.478 e. The second-order valence-corrected chi connectivity index (χ2v) is 16.8. The number of anilines is 1. The molecule has 1 aromatic carbocycles. The second-order valence-electron chi connectivity index (χ2n) is 9.47. The Balaban J connectivity index is 3.32.